The Labute approximate surface area is 108 Å². The fourth-order valence-corrected chi connectivity index (χ4v) is 2.29. The summed E-state index contributed by atoms with van der Waals surface area (Å²) in [7, 11) is 0. The molecule has 0 aliphatic carbocycles. The molecule has 82 valence electrons. The molecule has 0 aromatic heterocycles. The summed E-state index contributed by atoms with van der Waals surface area (Å²) in [6, 6.07) is 4.28. The molecule has 0 aliphatic heterocycles. The van der Waals surface area contributed by atoms with Crippen LogP contribution in [-0.4, -0.2) is 6.61 Å². The first-order chi connectivity index (χ1) is 7.22. The third-order valence-corrected chi connectivity index (χ3v) is 3.23. The number of hydrogen-bond donors (Lipinski definition) is 0. The molecule has 1 nitrogen and oxygen atoms in total. The molecule has 0 aliphatic rings. The van der Waals surface area contributed by atoms with Crippen LogP contribution in [0.2, 0.25) is 0 Å². The van der Waals surface area contributed by atoms with Gasteiger partial charge in [0, 0.05) is 21.8 Å². The molecule has 3 heteroatoms. The van der Waals surface area contributed by atoms with Gasteiger partial charge in [-0.2, -0.15) is 0 Å². The van der Waals surface area contributed by atoms with Gasteiger partial charge < -0.3 is 4.74 Å². The lowest BCUT2D eigenvalue weighted by atomic mass is 10.1. The number of rotatable bonds is 5. The van der Waals surface area contributed by atoms with E-state index < -0.39 is 0 Å². The molecule has 0 unspecified atom stereocenters. The van der Waals surface area contributed by atoms with Crippen LogP contribution >= 0.6 is 31.9 Å². The average molecular weight is 334 g/mol. The van der Waals surface area contributed by atoms with E-state index in [-0.39, 0.29) is 0 Å². The molecular weight excluding hydrogens is 320 g/mol. The topological polar surface area (TPSA) is 9.23 Å². The van der Waals surface area contributed by atoms with E-state index in [9.17, 15) is 0 Å². The summed E-state index contributed by atoms with van der Waals surface area (Å²) in [5, 5.41) is 1.61. The molecular formula is C12H14Br2O. The Hall–Kier alpha value is -0.280. The van der Waals surface area contributed by atoms with Gasteiger partial charge in [-0.05, 0) is 6.92 Å². The zero-order valence-corrected chi connectivity index (χ0v) is 11.9. The second-order valence-electron chi connectivity index (χ2n) is 3.28. The molecule has 0 spiro atoms. The van der Waals surface area contributed by atoms with E-state index in [1.165, 1.54) is 16.7 Å². The summed E-state index contributed by atoms with van der Waals surface area (Å²) in [5.74, 6) is 0.967. The van der Waals surface area contributed by atoms with Crippen LogP contribution in [0.3, 0.4) is 0 Å². The monoisotopic (exact) mass is 332 g/mol. The minimum absolute atomic E-state index is 0.545. The van der Waals surface area contributed by atoms with Crippen LogP contribution in [0.15, 0.2) is 24.8 Å². The maximum Gasteiger partial charge on any atom is 0.127 e. The predicted octanol–water partition coefficient (Wildman–Crippen LogP) is 4.35. The zero-order valence-electron chi connectivity index (χ0n) is 8.72. The second-order valence-corrected chi connectivity index (χ2v) is 4.40. The van der Waals surface area contributed by atoms with Gasteiger partial charge in [-0.15, -0.1) is 0 Å². The first-order valence-electron chi connectivity index (χ1n) is 4.71. The van der Waals surface area contributed by atoms with Crippen LogP contribution in [0.1, 0.15) is 16.7 Å². The maximum absolute atomic E-state index is 5.68. The molecule has 1 rings (SSSR count). The van der Waals surface area contributed by atoms with Crippen molar-refractivity contribution in [2.75, 3.05) is 6.61 Å². The van der Waals surface area contributed by atoms with Gasteiger partial charge in [0.15, 0.2) is 0 Å². The van der Waals surface area contributed by atoms with E-state index in [4.69, 9.17) is 4.74 Å². The van der Waals surface area contributed by atoms with E-state index in [0.29, 0.717) is 6.61 Å². The van der Waals surface area contributed by atoms with E-state index in [1.54, 1.807) is 6.08 Å². The Kier molecular flexibility index (Phi) is 5.40. The second kappa shape index (κ2) is 6.33. The van der Waals surface area contributed by atoms with E-state index in [0.717, 1.165) is 16.4 Å². The van der Waals surface area contributed by atoms with E-state index >= 15 is 0 Å². The minimum Gasteiger partial charge on any atom is -0.489 e. The molecule has 0 saturated carbocycles. The van der Waals surface area contributed by atoms with Gasteiger partial charge in [0.25, 0.3) is 0 Å². The molecule has 0 saturated heterocycles. The predicted molar refractivity (Wildman–Crippen MR) is 72.1 cm³/mol. The van der Waals surface area contributed by atoms with Crippen molar-refractivity contribution in [3.8, 4) is 5.75 Å². The maximum atomic E-state index is 5.68. The van der Waals surface area contributed by atoms with Gasteiger partial charge in [0.05, 0.1) is 0 Å². The number of ether oxygens (including phenoxy) is 1. The molecule has 15 heavy (non-hydrogen) atoms. The van der Waals surface area contributed by atoms with Crippen LogP contribution < -0.4 is 4.74 Å². The normalized spacial score (nSPS) is 10.1. The zero-order chi connectivity index (χ0) is 11.3. The summed E-state index contributed by atoms with van der Waals surface area (Å²) in [6.45, 7) is 6.29. The number of alkyl halides is 2. The third kappa shape index (κ3) is 3.35. The molecule has 1 aromatic carbocycles. The first-order valence-corrected chi connectivity index (χ1v) is 6.95. The SMILES string of the molecule is C=CCOc1c(CBr)cc(C)cc1CBr. The Morgan fingerprint density at radius 3 is 2.20 bits per heavy atom. The van der Waals surface area contributed by atoms with Crippen LogP contribution in [0.25, 0.3) is 0 Å². The van der Waals surface area contributed by atoms with Gasteiger partial charge in [-0.1, -0.05) is 62.2 Å². The lowest BCUT2D eigenvalue weighted by molar-refractivity contribution is 0.357. The molecule has 0 bridgehead atoms. The van der Waals surface area contributed by atoms with E-state index in [1.807, 2.05) is 0 Å². The summed E-state index contributed by atoms with van der Waals surface area (Å²) in [5.41, 5.74) is 3.63. The molecule has 0 amide bonds. The van der Waals surface area contributed by atoms with Crippen molar-refractivity contribution in [2.45, 2.75) is 17.6 Å². The Balaban J connectivity index is 3.11. The smallest absolute Gasteiger partial charge is 0.127 e. The first kappa shape index (κ1) is 12.8. The van der Waals surface area contributed by atoms with Crippen molar-refractivity contribution >= 4 is 31.9 Å². The average Bonchev–Trinajstić information content (AvgIpc) is 2.26. The highest BCUT2D eigenvalue weighted by atomic mass is 79.9. The van der Waals surface area contributed by atoms with Crippen LogP contribution in [0, 0.1) is 6.92 Å². The number of aryl methyl sites for hydroxylation is 1. The Morgan fingerprint density at radius 1 is 1.27 bits per heavy atom. The molecule has 1 aromatic rings. The van der Waals surface area contributed by atoms with Gasteiger partial charge in [-0.25, -0.2) is 0 Å². The Morgan fingerprint density at radius 2 is 1.80 bits per heavy atom. The summed E-state index contributed by atoms with van der Waals surface area (Å²) in [4.78, 5) is 0. The van der Waals surface area contributed by atoms with Gasteiger partial charge in [-0.3, -0.25) is 0 Å². The van der Waals surface area contributed by atoms with Crippen molar-refractivity contribution in [1.29, 1.82) is 0 Å². The van der Waals surface area contributed by atoms with Crippen molar-refractivity contribution in [2.24, 2.45) is 0 Å². The van der Waals surface area contributed by atoms with Gasteiger partial charge in [0.2, 0.25) is 0 Å². The van der Waals surface area contributed by atoms with Crippen molar-refractivity contribution < 1.29 is 4.74 Å². The molecule has 0 atom stereocenters. The summed E-state index contributed by atoms with van der Waals surface area (Å²) >= 11 is 6.95. The number of hydrogen-bond acceptors (Lipinski definition) is 1. The fraction of sp³-hybridized carbons (Fsp3) is 0.333. The summed E-state index contributed by atoms with van der Waals surface area (Å²) in [6.07, 6.45) is 1.76. The van der Waals surface area contributed by atoms with E-state index in [2.05, 4.69) is 57.5 Å². The van der Waals surface area contributed by atoms with Gasteiger partial charge in [0.1, 0.15) is 12.4 Å². The molecule has 0 heterocycles. The lowest BCUT2D eigenvalue weighted by Gasteiger charge is -2.13. The van der Waals surface area contributed by atoms with Crippen molar-refractivity contribution in [3.63, 3.8) is 0 Å². The highest BCUT2D eigenvalue weighted by Crippen LogP contribution is 2.29. The quantitative estimate of drug-likeness (QED) is 0.575. The van der Waals surface area contributed by atoms with Crippen molar-refractivity contribution in [1.82, 2.24) is 0 Å². The lowest BCUT2D eigenvalue weighted by Crippen LogP contribution is -2.00. The largest absolute Gasteiger partial charge is 0.489 e. The van der Waals surface area contributed by atoms with Crippen LogP contribution in [0.5, 0.6) is 5.75 Å². The third-order valence-electron chi connectivity index (χ3n) is 2.02. The molecule has 0 fully saturated rings. The van der Waals surface area contributed by atoms with Crippen LogP contribution in [-0.2, 0) is 10.7 Å². The highest BCUT2D eigenvalue weighted by Gasteiger charge is 2.09. The standard InChI is InChI=1S/C12H14Br2O/c1-3-4-15-12-10(7-13)5-9(2)6-11(12)8-14/h3,5-6H,1,4,7-8H2,2H3. The Bertz CT molecular complexity index is 322. The molecule has 0 radical (unpaired) electrons. The highest BCUT2D eigenvalue weighted by molar-refractivity contribution is 9.08. The van der Waals surface area contributed by atoms with Crippen molar-refractivity contribution in [3.05, 3.63) is 41.5 Å². The molecule has 0 N–H and O–H groups in total. The fourth-order valence-electron chi connectivity index (χ4n) is 1.45. The minimum atomic E-state index is 0.545. The summed E-state index contributed by atoms with van der Waals surface area (Å²) < 4.78 is 5.68. The number of benzene rings is 1. The number of halogens is 2. The van der Waals surface area contributed by atoms with Crippen LogP contribution in [0.4, 0.5) is 0 Å². The van der Waals surface area contributed by atoms with Gasteiger partial charge >= 0.3 is 0 Å².